The van der Waals surface area contributed by atoms with Crippen LogP contribution in [0.5, 0.6) is 5.75 Å². The summed E-state index contributed by atoms with van der Waals surface area (Å²) in [6, 6.07) is 4.82. The maximum atomic E-state index is 13.3. The number of aromatic nitrogens is 1. The van der Waals surface area contributed by atoms with Crippen LogP contribution in [-0.4, -0.2) is 12.1 Å². The Morgan fingerprint density at radius 3 is 2.86 bits per heavy atom. The topological polar surface area (TPSA) is 22.1 Å². The number of halogens is 1. The fourth-order valence-corrected chi connectivity index (χ4v) is 1.80. The number of hydrogen-bond acceptors (Lipinski definition) is 3. The molecule has 0 saturated heterocycles. The molecule has 0 saturated carbocycles. The minimum absolute atomic E-state index is 0.255. The number of benzene rings is 1. The molecule has 0 fully saturated rings. The summed E-state index contributed by atoms with van der Waals surface area (Å²) in [5.74, 6) is -0.106. The van der Waals surface area contributed by atoms with E-state index in [1.54, 1.807) is 18.3 Å². The third-order valence-corrected chi connectivity index (χ3v) is 2.65. The molecule has 2 rings (SSSR count). The Morgan fingerprint density at radius 2 is 2.29 bits per heavy atom. The van der Waals surface area contributed by atoms with E-state index in [1.165, 1.54) is 24.5 Å². The van der Waals surface area contributed by atoms with Crippen molar-refractivity contribution in [1.82, 2.24) is 4.98 Å². The molecule has 72 valence electrons. The molecule has 0 unspecified atom stereocenters. The molecule has 0 aliphatic heterocycles. The normalized spacial score (nSPS) is 10.1. The monoisotopic (exact) mass is 209 g/mol. The van der Waals surface area contributed by atoms with Crippen molar-refractivity contribution in [3.05, 3.63) is 35.6 Å². The van der Waals surface area contributed by atoms with Gasteiger partial charge in [0.05, 0.1) is 7.11 Å². The number of rotatable bonds is 2. The third-order valence-electron chi connectivity index (χ3n) is 1.83. The second-order valence-electron chi connectivity index (χ2n) is 2.69. The Balaban J connectivity index is 2.43. The molecule has 2 nitrogen and oxygen atoms in total. The van der Waals surface area contributed by atoms with Crippen molar-refractivity contribution in [3.63, 3.8) is 0 Å². The van der Waals surface area contributed by atoms with Crippen LogP contribution in [0.4, 0.5) is 4.39 Å². The number of nitrogens with zero attached hydrogens (tertiary/aromatic N) is 1. The molecule has 1 aromatic heterocycles. The van der Waals surface area contributed by atoms with Gasteiger partial charge in [-0.25, -0.2) is 9.37 Å². The van der Waals surface area contributed by atoms with E-state index in [4.69, 9.17) is 4.74 Å². The van der Waals surface area contributed by atoms with Crippen LogP contribution >= 0.6 is 11.3 Å². The molecule has 0 amide bonds. The lowest BCUT2D eigenvalue weighted by Crippen LogP contribution is -1.88. The van der Waals surface area contributed by atoms with Crippen LogP contribution in [0.15, 0.2) is 29.8 Å². The quantitative estimate of drug-likeness (QED) is 0.758. The Hall–Kier alpha value is -1.42. The van der Waals surface area contributed by atoms with Crippen LogP contribution in [0, 0.1) is 5.82 Å². The van der Waals surface area contributed by atoms with E-state index in [0.29, 0.717) is 0 Å². The van der Waals surface area contributed by atoms with E-state index >= 15 is 0 Å². The average molecular weight is 209 g/mol. The number of thiazole rings is 1. The van der Waals surface area contributed by atoms with Crippen LogP contribution in [0.2, 0.25) is 0 Å². The summed E-state index contributed by atoms with van der Waals surface area (Å²) in [5, 5.41) is 2.67. The van der Waals surface area contributed by atoms with Crippen molar-refractivity contribution < 1.29 is 9.13 Å². The second-order valence-corrected chi connectivity index (χ2v) is 3.58. The van der Waals surface area contributed by atoms with Crippen LogP contribution in [0.1, 0.15) is 0 Å². The largest absolute Gasteiger partial charge is 0.494 e. The van der Waals surface area contributed by atoms with Gasteiger partial charge in [0, 0.05) is 17.1 Å². The lowest BCUT2D eigenvalue weighted by Gasteiger charge is -2.02. The number of methoxy groups -OCH3 is 1. The first-order valence-corrected chi connectivity index (χ1v) is 4.92. The van der Waals surface area contributed by atoms with Crippen molar-refractivity contribution in [1.29, 1.82) is 0 Å². The van der Waals surface area contributed by atoms with Gasteiger partial charge in [0.2, 0.25) is 0 Å². The molecule has 1 aromatic carbocycles. The maximum Gasteiger partial charge on any atom is 0.165 e. The first kappa shape index (κ1) is 9.15. The van der Waals surface area contributed by atoms with Gasteiger partial charge in [-0.3, -0.25) is 0 Å². The first-order chi connectivity index (χ1) is 6.81. The van der Waals surface area contributed by atoms with E-state index in [-0.39, 0.29) is 11.6 Å². The molecule has 0 spiro atoms. The standard InChI is InChI=1S/C10H8FNOS/c1-13-9-3-2-7(6-8(9)11)10-12-4-5-14-10/h2-6H,1H3. The Kier molecular flexibility index (Phi) is 2.45. The average Bonchev–Trinajstić information content (AvgIpc) is 2.70. The van der Waals surface area contributed by atoms with E-state index in [1.807, 2.05) is 5.38 Å². The lowest BCUT2D eigenvalue weighted by atomic mass is 10.2. The van der Waals surface area contributed by atoms with Gasteiger partial charge in [-0.1, -0.05) is 0 Å². The first-order valence-electron chi connectivity index (χ1n) is 4.04. The van der Waals surface area contributed by atoms with Gasteiger partial charge in [-0.05, 0) is 18.2 Å². The summed E-state index contributed by atoms with van der Waals surface area (Å²) < 4.78 is 18.1. The summed E-state index contributed by atoms with van der Waals surface area (Å²) in [7, 11) is 1.45. The minimum Gasteiger partial charge on any atom is -0.494 e. The maximum absolute atomic E-state index is 13.3. The molecule has 0 aliphatic carbocycles. The highest BCUT2D eigenvalue weighted by Gasteiger charge is 2.06. The van der Waals surface area contributed by atoms with Crippen molar-refractivity contribution in [3.8, 4) is 16.3 Å². The van der Waals surface area contributed by atoms with Crippen LogP contribution in [0.3, 0.4) is 0 Å². The van der Waals surface area contributed by atoms with Crippen molar-refractivity contribution in [2.75, 3.05) is 7.11 Å². The summed E-state index contributed by atoms with van der Waals surface area (Å²) in [6.07, 6.45) is 1.70. The summed E-state index contributed by atoms with van der Waals surface area (Å²) in [6.45, 7) is 0. The van der Waals surface area contributed by atoms with Gasteiger partial charge >= 0.3 is 0 Å². The molecule has 0 radical (unpaired) electrons. The zero-order valence-electron chi connectivity index (χ0n) is 7.53. The molecule has 4 heteroatoms. The summed E-state index contributed by atoms with van der Waals surface area (Å²) in [5.41, 5.74) is 0.776. The Morgan fingerprint density at radius 1 is 1.43 bits per heavy atom. The van der Waals surface area contributed by atoms with Crippen LogP contribution < -0.4 is 4.74 Å². The van der Waals surface area contributed by atoms with E-state index < -0.39 is 0 Å². The third kappa shape index (κ3) is 1.61. The smallest absolute Gasteiger partial charge is 0.165 e. The zero-order valence-corrected chi connectivity index (χ0v) is 8.34. The van der Waals surface area contributed by atoms with Gasteiger partial charge in [0.1, 0.15) is 5.01 Å². The Labute approximate surface area is 85.0 Å². The lowest BCUT2D eigenvalue weighted by molar-refractivity contribution is 0.386. The van der Waals surface area contributed by atoms with Gasteiger partial charge in [0.25, 0.3) is 0 Å². The molecular formula is C10H8FNOS. The fraction of sp³-hybridized carbons (Fsp3) is 0.100. The number of hydrogen-bond donors (Lipinski definition) is 0. The van der Waals surface area contributed by atoms with Gasteiger partial charge in [-0.15, -0.1) is 11.3 Å². The van der Waals surface area contributed by atoms with Gasteiger partial charge < -0.3 is 4.74 Å². The summed E-state index contributed by atoms with van der Waals surface area (Å²) in [4.78, 5) is 4.09. The Bertz CT molecular complexity index is 428. The van der Waals surface area contributed by atoms with Gasteiger partial charge in [0.15, 0.2) is 11.6 Å². The van der Waals surface area contributed by atoms with Crippen LogP contribution in [-0.2, 0) is 0 Å². The molecule has 0 aliphatic rings. The van der Waals surface area contributed by atoms with Gasteiger partial charge in [-0.2, -0.15) is 0 Å². The van der Waals surface area contributed by atoms with E-state index in [9.17, 15) is 4.39 Å². The zero-order chi connectivity index (χ0) is 9.97. The molecular weight excluding hydrogens is 201 g/mol. The molecule has 0 bridgehead atoms. The van der Waals surface area contributed by atoms with Crippen molar-refractivity contribution in [2.24, 2.45) is 0 Å². The fourth-order valence-electron chi connectivity index (χ4n) is 1.17. The van der Waals surface area contributed by atoms with E-state index in [2.05, 4.69) is 4.98 Å². The highest BCUT2D eigenvalue weighted by Crippen LogP contribution is 2.26. The molecule has 0 atom stereocenters. The van der Waals surface area contributed by atoms with Crippen molar-refractivity contribution >= 4 is 11.3 Å². The summed E-state index contributed by atoms with van der Waals surface area (Å²) >= 11 is 1.48. The molecule has 14 heavy (non-hydrogen) atoms. The SMILES string of the molecule is COc1ccc(-c2nccs2)cc1F. The second kappa shape index (κ2) is 3.75. The predicted molar refractivity (Wildman–Crippen MR) is 54.1 cm³/mol. The molecule has 1 heterocycles. The highest BCUT2D eigenvalue weighted by molar-refractivity contribution is 7.13. The molecule has 0 N–H and O–H groups in total. The van der Waals surface area contributed by atoms with E-state index in [0.717, 1.165) is 10.6 Å². The minimum atomic E-state index is -0.361. The van der Waals surface area contributed by atoms with Crippen LogP contribution in [0.25, 0.3) is 10.6 Å². The number of ether oxygens (including phenoxy) is 1. The predicted octanol–water partition coefficient (Wildman–Crippen LogP) is 2.96. The van der Waals surface area contributed by atoms with Crippen molar-refractivity contribution in [2.45, 2.75) is 0 Å². The molecule has 2 aromatic rings. The highest BCUT2D eigenvalue weighted by atomic mass is 32.1.